The number of nitrogens with zero attached hydrogens (tertiary/aromatic N) is 4. The summed E-state index contributed by atoms with van der Waals surface area (Å²) in [7, 11) is 0. The smallest absolute Gasteiger partial charge is 0.425 e. The van der Waals surface area contributed by atoms with Crippen molar-refractivity contribution in [3.8, 4) is 17.2 Å². The molecule has 5 aromatic rings. The van der Waals surface area contributed by atoms with E-state index in [0.29, 0.717) is 23.5 Å². The van der Waals surface area contributed by atoms with Gasteiger partial charge in [-0.25, -0.2) is 24.7 Å². The number of halogens is 2. The van der Waals surface area contributed by atoms with Gasteiger partial charge in [0.1, 0.15) is 40.8 Å². The maximum Gasteiger partial charge on any atom is 0.425 e. The number of benzene rings is 3. The highest BCUT2D eigenvalue weighted by molar-refractivity contribution is 6.32. The number of rotatable bonds is 14. The predicted octanol–water partition coefficient (Wildman–Crippen LogP) is 8.04. The Morgan fingerprint density at radius 2 is 1.63 bits per heavy atom. The Kier molecular flexibility index (Phi) is 14.1. The van der Waals surface area contributed by atoms with Crippen molar-refractivity contribution in [2.24, 2.45) is 0 Å². The van der Waals surface area contributed by atoms with Crippen LogP contribution in [0.1, 0.15) is 75.2 Å². The number of aryl methyl sites for hydroxylation is 1. The van der Waals surface area contributed by atoms with Crippen LogP contribution in [0.3, 0.4) is 0 Å². The molecule has 0 aliphatic carbocycles. The molecule has 2 heterocycles. The van der Waals surface area contributed by atoms with Gasteiger partial charge in [-0.1, -0.05) is 92.5 Å². The quantitative estimate of drug-likeness (QED) is 0.0639. The molecule has 312 valence electrons. The lowest BCUT2D eigenvalue weighted by Gasteiger charge is -2.26. The molecule has 0 fully saturated rings. The van der Waals surface area contributed by atoms with Crippen molar-refractivity contribution in [2.45, 2.75) is 85.7 Å². The van der Waals surface area contributed by atoms with E-state index in [2.05, 4.69) is 16.1 Å². The van der Waals surface area contributed by atoms with E-state index in [1.165, 1.54) is 6.07 Å². The molecule has 14 nitrogen and oxygen atoms in total. The molecular weight excluding hydrogens is 797 g/mol. The number of anilines is 1. The zero-order valence-electron chi connectivity index (χ0n) is 34.1. The van der Waals surface area contributed by atoms with Gasteiger partial charge in [0.05, 0.1) is 29.5 Å². The van der Waals surface area contributed by atoms with E-state index in [0.717, 1.165) is 33.0 Å². The van der Waals surface area contributed by atoms with Gasteiger partial charge in [-0.05, 0) is 68.1 Å². The number of phenols is 1. The number of urea groups is 1. The van der Waals surface area contributed by atoms with Crippen LogP contribution in [0.5, 0.6) is 11.5 Å². The van der Waals surface area contributed by atoms with Gasteiger partial charge >= 0.3 is 12.1 Å². The Balaban J connectivity index is 1.23. The van der Waals surface area contributed by atoms with E-state index in [1.807, 2.05) is 69.3 Å². The molecule has 59 heavy (non-hydrogen) atoms. The summed E-state index contributed by atoms with van der Waals surface area (Å²) >= 11 is 12.8. The minimum atomic E-state index is -0.729. The van der Waals surface area contributed by atoms with Gasteiger partial charge in [-0.15, -0.1) is 0 Å². The minimum absolute atomic E-state index is 0.0663. The van der Waals surface area contributed by atoms with Crippen LogP contribution in [-0.2, 0) is 41.2 Å². The number of hydrazine groups is 1. The number of aromatic hydroxyl groups is 1. The van der Waals surface area contributed by atoms with Crippen LogP contribution in [0.25, 0.3) is 5.69 Å². The SMILES string of the molecule is Cc1cc(OCc2ccccc2CNC(=O)Nc2cc(C(C)(C)C)nn2-c2ccc(O)c(Cl)c2)c(Cl)c(=O)n1Cc1cccc(CNN(CC=O)C(=O)OC(C)(C)C)c1. The van der Waals surface area contributed by atoms with Gasteiger partial charge in [0, 0.05) is 36.3 Å². The highest BCUT2D eigenvalue weighted by atomic mass is 35.5. The molecule has 0 radical (unpaired) electrons. The summed E-state index contributed by atoms with van der Waals surface area (Å²) in [6, 6.07) is 22.6. The monoisotopic (exact) mass is 845 g/mol. The van der Waals surface area contributed by atoms with Crippen molar-refractivity contribution in [1.82, 2.24) is 30.1 Å². The number of amides is 3. The van der Waals surface area contributed by atoms with Crippen molar-refractivity contribution in [2.75, 3.05) is 11.9 Å². The number of aromatic nitrogens is 3. The number of hydrogen-bond acceptors (Lipinski definition) is 9. The van der Waals surface area contributed by atoms with Crippen LogP contribution >= 0.6 is 23.2 Å². The zero-order valence-corrected chi connectivity index (χ0v) is 35.6. The number of hydrogen-bond donors (Lipinski definition) is 4. The lowest BCUT2D eigenvalue weighted by Crippen LogP contribution is -2.46. The second-order valence-electron chi connectivity index (χ2n) is 15.8. The molecule has 4 N–H and O–H groups in total. The van der Waals surface area contributed by atoms with Crippen molar-refractivity contribution in [1.29, 1.82) is 0 Å². The maximum absolute atomic E-state index is 13.6. The summed E-state index contributed by atoms with van der Waals surface area (Å²) in [5.41, 5.74) is 6.57. The molecule has 0 unspecified atom stereocenters. The first kappa shape index (κ1) is 44.3. The number of carbonyl (C=O) groups excluding carboxylic acids is 3. The maximum atomic E-state index is 13.6. The fourth-order valence-electron chi connectivity index (χ4n) is 5.84. The van der Waals surface area contributed by atoms with Crippen LogP contribution in [0.2, 0.25) is 10.0 Å². The summed E-state index contributed by atoms with van der Waals surface area (Å²) in [6.45, 7) is 13.5. The van der Waals surface area contributed by atoms with Crippen molar-refractivity contribution in [3.05, 3.63) is 133 Å². The number of pyridine rings is 1. The molecule has 0 saturated heterocycles. The van der Waals surface area contributed by atoms with Gasteiger partial charge in [0.15, 0.2) is 0 Å². The van der Waals surface area contributed by atoms with Crippen LogP contribution in [-0.4, -0.2) is 55.0 Å². The minimum Gasteiger partial charge on any atom is -0.506 e. The third-order valence-corrected chi connectivity index (χ3v) is 9.58. The second kappa shape index (κ2) is 18.8. The molecule has 3 aromatic carbocycles. The molecule has 0 aliphatic heterocycles. The normalized spacial score (nSPS) is 11.5. The largest absolute Gasteiger partial charge is 0.506 e. The molecule has 5 rings (SSSR count). The van der Waals surface area contributed by atoms with Gasteiger partial charge in [-0.3, -0.25) is 10.1 Å². The van der Waals surface area contributed by atoms with Crippen molar-refractivity contribution in [3.63, 3.8) is 0 Å². The molecule has 0 saturated carbocycles. The van der Waals surface area contributed by atoms with E-state index in [-0.39, 0.29) is 59.7 Å². The summed E-state index contributed by atoms with van der Waals surface area (Å²) in [4.78, 5) is 50.6. The predicted molar refractivity (Wildman–Crippen MR) is 227 cm³/mol. The van der Waals surface area contributed by atoms with Crippen LogP contribution < -0.4 is 26.4 Å². The van der Waals surface area contributed by atoms with E-state index in [1.54, 1.807) is 61.2 Å². The number of nitrogens with one attached hydrogen (secondary N) is 3. The molecular formula is C43H49Cl2N7O7. The van der Waals surface area contributed by atoms with Gasteiger partial charge in [-0.2, -0.15) is 5.10 Å². The third kappa shape index (κ3) is 11.9. The highest BCUT2D eigenvalue weighted by Crippen LogP contribution is 2.30. The molecule has 0 aliphatic rings. The number of ether oxygens (including phenoxy) is 2. The average Bonchev–Trinajstić information content (AvgIpc) is 3.60. The van der Waals surface area contributed by atoms with Gasteiger partial charge in [0.2, 0.25) is 0 Å². The van der Waals surface area contributed by atoms with E-state index in [4.69, 9.17) is 37.8 Å². The topological polar surface area (TPSA) is 169 Å². The molecule has 3 amide bonds. The van der Waals surface area contributed by atoms with Crippen LogP contribution in [0.4, 0.5) is 15.4 Å². The first-order valence-corrected chi connectivity index (χ1v) is 19.6. The first-order chi connectivity index (χ1) is 27.8. The van der Waals surface area contributed by atoms with Crippen molar-refractivity contribution < 1.29 is 29.0 Å². The average molecular weight is 847 g/mol. The molecule has 0 spiro atoms. The zero-order chi connectivity index (χ0) is 43.1. The number of phenolic OH excluding ortho intramolecular Hbond substituents is 1. The number of aldehydes is 1. The molecule has 0 bridgehead atoms. The van der Waals surface area contributed by atoms with E-state index in [9.17, 15) is 24.3 Å². The fourth-order valence-corrected chi connectivity index (χ4v) is 6.23. The third-order valence-electron chi connectivity index (χ3n) is 8.93. The Labute approximate surface area is 353 Å². The second-order valence-corrected chi connectivity index (χ2v) is 16.6. The highest BCUT2D eigenvalue weighted by Gasteiger charge is 2.24. The van der Waals surface area contributed by atoms with Crippen molar-refractivity contribution >= 4 is 47.4 Å². The summed E-state index contributed by atoms with van der Waals surface area (Å²) in [6.07, 6.45) is -0.0606. The summed E-state index contributed by atoms with van der Waals surface area (Å²) in [5.74, 6) is 0.565. The van der Waals surface area contributed by atoms with Gasteiger partial charge < -0.3 is 29.3 Å². The Morgan fingerprint density at radius 3 is 2.31 bits per heavy atom. The van der Waals surface area contributed by atoms with Crippen LogP contribution in [0, 0.1) is 6.92 Å². The van der Waals surface area contributed by atoms with Crippen LogP contribution in [0.15, 0.2) is 83.7 Å². The first-order valence-electron chi connectivity index (χ1n) is 18.8. The van der Waals surface area contributed by atoms with E-state index >= 15 is 0 Å². The summed E-state index contributed by atoms with van der Waals surface area (Å²) in [5, 5.41) is 21.6. The fraction of sp³-hybridized carbons (Fsp3) is 0.326. The number of carbonyl (C=O) groups is 3. The molecule has 2 aromatic heterocycles. The van der Waals surface area contributed by atoms with Gasteiger partial charge in [0.25, 0.3) is 5.56 Å². The Morgan fingerprint density at radius 1 is 0.915 bits per heavy atom. The molecule has 16 heteroatoms. The Hall–Kier alpha value is -5.83. The molecule has 0 atom stereocenters. The van der Waals surface area contributed by atoms with E-state index < -0.39 is 23.3 Å². The standard InChI is InChI=1S/C43H49Cl2N7O7/c1-27-19-35(38(45)39(55)50(27)25-29-12-10-11-28(20-29)23-47-51(17-18-53)41(57)59-43(5,6)7)58-26-31-14-9-8-13-30(31)24-46-40(56)48-37-22-36(42(2,3)4)49-52(37)32-15-16-34(54)33(44)21-32/h8-16,18-22,47,54H,17,23-26H2,1-7H3,(H2,46,48,56). The lowest BCUT2D eigenvalue weighted by molar-refractivity contribution is -0.109. The summed E-state index contributed by atoms with van der Waals surface area (Å²) < 4.78 is 14.6. The lowest BCUT2D eigenvalue weighted by atomic mass is 9.92. The Bertz CT molecular complexity index is 2380.